The van der Waals surface area contributed by atoms with Gasteiger partial charge >= 0.3 is 0 Å². The first-order valence-corrected chi connectivity index (χ1v) is 9.43. The van der Waals surface area contributed by atoms with Crippen molar-refractivity contribution in [3.8, 4) is 0 Å². The first kappa shape index (κ1) is 16.7. The maximum absolute atomic E-state index is 12.6. The molecule has 0 saturated carbocycles. The minimum atomic E-state index is -0.339. The van der Waals surface area contributed by atoms with E-state index in [0.717, 1.165) is 48.5 Å². The average molecular weight is 376 g/mol. The number of furan rings is 1. The monoisotopic (exact) mass is 376 g/mol. The summed E-state index contributed by atoms with van der Waals surface area (Å²) < 4.78 is 7.22. The lowest BCUT2D eigenvalue weighted by Crippen LogP contribution is -2.23. The number of fused-ring (bicyclic) bond motifs is 3. The number of amides is 1. The second kappa shape index (κ2) is 6.63. The van der Waals surface area contributed by atoms with E-state index in [-0.39, 0.29) is 11.7 Å². The molecule has 3 aromatic heterocycles. The lowest BCUT2D eigenvalue weighted by molar-refractivity contribution is 0.0938. The van der Waals surface area contributed by atoms with Crippen LogP contribution in [0.5, 0.6) is 0 Å². The Bertz CT molecular complexity index is 1170. The molecule has 1 aliphatic rings. The molecule has 8 nitrogen and oxygen atoms in total. The molecule has 0 bridgehead atoms. The number of hydrogen-bond acceptors (Lipinski definition) is 6. The number of carbonyl (C=O) groups excluding carboxylic acids is 1. The summed E-state index contributed by atoms with van der Waals surface area (Å²) in [7, 11) is 0. The number of aromatic nitrogens is 4. The Labute approximate surface area is 161 Å². The van der Waals surface area contributed by atoms with Crippen LogP contribution in [-0.4, -0.2) is 38.6 Å². The summed E-state index contributed by atoms with van der Waals surface area (Å²) in [6, 6.07) is 11.5. The smallest absolute Gasteiger partial charge is 0.291 e. The first-order chi connectivity index (χ1) is 13.7. The summed E-state index contributed by atoms with van der Waals surface area (Å²) in [6.45, 7) is 4.04. The highest BCUT2D eigenvalue weighted by Gasteiger charge is 2.23. The highest BCUT2D eigenvalue weighted by atomic mass is 16.3. The number of anilines is 1. The Balaban J connectivity index is 1.54. The fourth-order valence-corrected chi connectivity index (χ4v) is 3.59. The van der Waals surface area contributed by atoms with Crippen LogP contribution in [0.1, 0.15) is 35.0 Å². The lowest BCUT2D eigenvalue weighted by atomic mass is 10.3. The van der Waals surface area contributed by atoms with Gasteiger partial charge in [0.05, 0.1) is 17.6 Å². The third-order valence-corrected chi connectivity index (χ3v) is 4.97. The molecule has 1 aromatic carbocycles. The molecule has 1 saturated heterocycles. The third kappa shape index (κ3) is 2.87. The van der Waals surface area contributed by atoms with E-state index >= 15 is 0 Å². The largest absolute Gasteiger partial charge is 0.465 e. The summed E-state index contributed by atoms with van der Waals surface area (Å²) in [5.41, 5.74) is 2.27. The molecule has 0 unspecified atom stereocenters. The molecule has 1 fully saturated rings. The highest BCUT2D eigenvalue weighted by Crippen LogP contribution is 2.26. The standard InChI is InChI=1S/C20H20N6O2/c1-13-8-9-14(28-13)12-21-20(27)17-23-19-18(25-10-4-5-11-25)22-15-6-2-3-7-16(15)26(19)24-17/h2-3,6-9H,4-5,10-12H2,1H3,(H,21,27). The van der Waals surface area contributed by atoms with E-state index < -0.39 is 0 Å². The SMILES string of the molecule is Cc1ccc(CNC(=O)c2nc3c(N4CCCC4)nc4ccccc4n3n2)o1. The Kier molecular flexibility index (Phi) is 3.96. The minimum absolute atomic E-state index is 0.127. The number of carbonyl (C=O) groups is 1. The minimum Gasteiger partial charge on any atom is -0.465 e. The second-order valence-corrected chi connectivity index (χ2v) is 6.98. The molecule has 4 heterocycles. The number of hydrogen-bond donors (Lipinski definition) is 1. The van der Waals surface area contributed by atoms with Crippen molar-refractivity contribution in [1.29, 1.82) is 0 Å². The van der Waals surface area contributed by atoms with Gasteiger partial charge in [0.1, 0.15) is 11.5 Å². The number of nitrogens with one attached hydrogen (secondary N) is 1. The zero-order valence-electron chi connectivity index (χ0n) is 15.6. The molecule has 0 atom stereocenters. The van der Waals surface area contributed by atoms with Crippen LogP contribution in [0.15, 0.2) is 40.8 Å². The van der Waals surface area contributed by atoms with Gasteiger partial charge in [-0.15, -0.1) is 5.10 Å². The number of aryl methyl sites for hydroxylation is 1. The van der Waals surface area contributed by atoms with E-state index in [1.165, 1.54) is 0 Å². The van der Waals surface area contributed by atoms with Crippen molar-refractivity contribution < 1.29 is 9.21 Å². The van der Waals surface area contributed by atoms with Crippen LogP contribution < -0.4 is 10.2 Å². The van der Waals surface area contributed by atoms with Gasteiger partial charge in [-0.1, -0.05) is 12.1 Å². The molecule has 0 spiro atoms. The van der Waals surface area contributed by atoms with Crippen molar-refractivity contribution in [1.82, 2.24) is 24.9 Å². The van der Waals surface area contributed by atoms with Gasteiger partial charge in [0.2, 0.25) is 5.82 Å². The summed E-state index contributed by atoms with van der Waals surface area (Å²) >= 11 is 0. The Morgan fingerprint density at radius 2 is 1.96 bits per heavy atom. The van der Waals surface area contributed by atoms with Crippen molar-refractivity contribution in [2.75, 3.05) is 18.0 Å². The van der Waals surface area contributed by atoms with Crippen LogP contribution in [0, 0.1) is 6.92 Å². The van der Waals surface area contributed by atoms with Crippen LogP contribution in [0.25, 0.3) is 16.7 Å². The summed E-state index contributed by atoms with van der Waals surface area (Å²) in [5, 5.41) is 7.31. The predicted octanol–water partition coefficient (Wildman–Crippen LogP) is 2.71. The average Bonchev–Trinajstić information content (AvgIpc) is 3.46. The van der Waals surface area contributed by atoms with Gasteiger partial charge in [0, 0.05) is 13.1 Å². The number of nitrogens with zero attached hydrogens (tertiary/aromatic N) is 5. The van der Waals surface area contributed by atoms with Crippen molar-refractivity contribution in [3.63, 3.8) is 0 Å². The normalized spacial score (nSPS) is 14.2. The van der Waals surface area contributed by atoms with E-state index in [0.29, 0.717) is 18.0 Å². The number of benzene rings is 1. The molecule has 142 valence electrons. The molecule has 1 N–H and O–H groups in total. The van der Waals surface area contributed by atoms with E-state index in [1.54, 1.807) is 4.52 Å². The second-order valence-electron chi connectivity index (χ2n) is 6.98. The van der Waals surface area contributed by atoms with Crippen molar-refractivity contribution >= 4 is 28.4 Å². The van der Waals surface area contributed by atoms with Gasteiger partial charge in [-0.2, -0.15) is 4.98 Å². The zero-order chi connectivity index (χ0) is 19.1. The highest BCUT2D eigenvalue weighted by molar-refractivity contribution is 5.92. The number of rotatable bonds is 4. The van der Waals surface area contributed by atoms with Crippen molar-refractivity contribution in [3.05, 3.63) is 53.7 Å². The molecule has 8 heteroatoms. The quantitative estimate of drug-likeness (QED) is 0.589. The predicted molar refractivity (Wildman–Crippen MR) is 104 cm³/mol. The number of para-hydroxylation sites is 2. The van der Waals surface area contributed by atoms with Gasteiger partial charge in [-0.25, -0.2) is 9.50 Å². The van der Waals surface area contributed by atoms with Gasteiger partial charge in [-0.3, -0.25) is 4.79 Å². The van der Waals surface area contributed by atoms with E-state index in [2.05, 4.69) is 20.3 Å². The maximum Gasteiger partial charge on any atom is 0.291 e. The molecule has 0 radical (unpaired) electrons. The fraction of sp³-hybridized carbons (Fsp3) is 0.300. The van der Waals surface area contributed by atoms with Crippen LogP contribution in [0.3, 0.4) is 0 Å². The van der Waals surface area contributed by atoms with Crippen molar-refractivity contribution in [2.45, 2.75) is 26.3 Å². The van der Waals surface area contributed by atoms with E-state index in [1.807, 2.05) is 43.3 Å². The molecular formula is C20H20N6O2. The van der Waals surface area contributed by atoms with Crippen molar-refractivity contribution in [2.24, 2.45) is 0 Å². The van der Waals surface area contributed by atoms with Crippen LogP contribution in [0.4, 0.5) is 5.82 Å². The molecule has 0 aliphatic carbocycles. The summed E-state index contributed by atoms with van der Waals surface area (Å²) in [4.78, 5) is 24.2. The Morgan fingerprint density at radius 3 is 2.75 bits per heavy atom. The zero-order valence-corrected chi connectivity index (χ0v) is 15.6. The molecule has 28 heavy (non-hydrogen) atoms. The summed E-state index contributed by atoms with van der Waals surface area (Å²) in [6.07, 6.45) is 2.26. The van der Waals surface area contributed by atoms with Gasteiger partial charge in [0.25, 0.3) is 5.91 Å². The Morgan fingerprint density at radius 1 is 1.14 bits per heavy atom. The van der Waals surface area contributed by atoms with E-state index in [4.69, 9.17) is 9.40 Å². The van der Waals surface area contributed by atoms with Gasteiger partial charge in [0.15, 0.2) is 11.5 Å². The fourth-order valence-electron chi connectivity index (χ4n) is 3.59. The van der Waals surface area contributed by atoms with E-state index in [9.17, 15) is 4.79 Å². The molecule has 1 aliphatic heterocycles. The van der Waals surface area contributed by atoms with Crippen LogP contribution >= 0.6 is 0 Å². The Hall–Kier alpha value is -3.42. The van der Waals surface area contributed by atoms with Crippen LogP contribution in [-0.2, 0) is 6.54 Å². The topological polar surface area (TPSA) is 88.6 Å². The van der Waals surface area contributed by atoms with Crippen LogP contribution in [0.2, 0.25) is 0 Å². The third-order valence-electron chi connectivity index (χ3n) is 4.97. The molecule has 5 rings (SSSR count). The molecule has 1 amide bonds. The first-order valence-electron chi connectivity index (χ1n) is 9.43. The van der Waals surface area contributed by atoms with Gasteiger partial charge in [-0.05, 0) is 44.0 Å². The maximum atomic E-state index is 12.6. The molecule has 4 aromatic rings. The summed E-state index contributed by atoms with van der Waals surface area (Å²) in [5.74, 6) is 2.07. The molecular weight excluding hydrogens is 356 g/mol. The van der Waals surface area contributed by atoms with Gasteiger partial charge < -0.3 is 14.6 Å². The lowest BCUT2D eigenvalue weighted by Gasteiger charge is -2.17.